The van der Waals surface area contributed by atoms with E-state index in [0.29, 0.717) is 11.1 Å². The summed E-state index contributed by atoms with van der Waals surface area (Å²) in [4.78, 5) is 29.8. The molecular formula is C18H19NO3. The minimum atomic E-state index is -0.709. The SMILES string of the molecule is CONC(CC(=O)c1ccccc1C)C(=O)c1ccccc1. The Labute approximate surface area is 130 Å². The van der Waals surface area contributed by atoms with E-state index in [1.165, 1.54) is 7.11 Å². The molecule has 0 heterocycles. The molecule has 0 saturated heterocycles. The summed E-state index contributed by atoms with van der Waals surface area (Å²) in [6.07, 6.45) is 0.0480. The van der Waals surface area contributed by atoms with Crippen molar-refractivity contribution >= 4 is 11.6 Å². The minimum Gasteiger partial charge on any atom is -0.304 e. The Balaban J connectivity index is 2.17. The molecule has 1 N–H and O–H groups in total. The van der Waals surface area contributed by atoms with Gasteiger partial charge in [0, 0.05) is 17.5 Å². The molecule has 0 aromatic heterocycles. The maximum Gasteiger partial charge on any atom is 0.182 e. The normalized spacial score (nSPS) is 11.9. The number of rotatable bonds is 7. The van der Waals surface area contributed by atoms with Crippen LogP contribution < -0.4 is 5.48 Å². The Kier molecular flexibility index (Phi) is 5.58. The maximum absolute atomic E-state index is 12.5. The summed E-state index contributed by atoms with van der Waals surface area (Å²) in [7, 11) is 1.43. The van der Waals surface area contributed by atoms with Crippen molar-refractivity contribution in [2.24, 2.45) is 0 Å². The topological polar surface area (TPSA) is 55.4 Å². The predicted octanol–water partition coefficient (Wildman–Crippen LogP) is 2.97. The predicted molar refractivity (Wildman–Crippen MR) is 84.8 cm³/mol. The molecule has 0 bridgehead atoms. The van der Waals surface area contributed by atoms with Crippen LogP contribution in [0.25, 0.3) is 0 Å². The van der Waals surface area contributed by atoms with Gasteiger partial charge in [-0.2, -0.15) is 5.48 Å². The van der Waals surface area contributed by atoms with Crippen LogP contribution in [0.4, 0.5) is 0 Å². The van der Waals surface area contributed by atoms with Crippen LogP contribution in [0.15, 0.2) is 54.6 Å². The third-order valence-corrected chi connectivity index (χ3v) is 3.47. The zero-order valence-corrected chi connectivity index (χ0v) is 12.7. The fourth-order valence-corrected chi connectivity index (χ4v) is 2.31. The standard InChI is InChI=1S/C18H19NO3/c1-13-8-6-7-11-15(13)17(20)12-16(19-22-2)18(21)14-9-4-3-5-10-14/h3-11,16,19H,12H2,1-2H3. The van der Waals surface area contributed by atoms with Crippen molar-refractivity contribution in [1.82, 2.24) is 5.48 Å². The van der Waals surface area contributed by atoms with Gasteiger partial charge in [-0.25, -0.2) is 0 Å². The molecule has 1 unspecified atom stereocenters. The van der Waals surface area contributed by atoms with E-state index >= 15 is 0 Å². The molecule has 0 aliphatic heterocycles. The fourth-order valence-electron chi connectivity index (χ4n) is 2.31. The molecular weight excluding hydrogens is 278 g/mol. The summed E-state index contributed by atoms with van der Waals surface area (Å²) < 4.78 is 0. The van der Waals surface area contributed by atoms with Crippen LogP contribution in [0.5, 0.6) is 0 Å². The number of hydrogen-bond donors (Lipinski definition) is 1. The van der Waals surface area contributed by atoms with Gasteiger partial charge in [-0.15, -0.1) is 0 Å². The highest BCUT2D eigenvalue weighted by molar-refractivity contribution is 6.05. The second kappa shape index (κ2) is 7.64. The first kappa shape index (κ1) is 16.1. The number of benzene rings is 2. The van der Waals surface area contributed by atoms with Gasteiger partial charge in [0.2, 0.25) is 0 Å². The Morgan fingerprint density at radius 3 is 2.32 bits per heavy atom. The third-order valence-electron chi connectivity index (χ3n) is 3.47. The van der Waals surface area contributed by atoms with Gasteiger partial charge in [0.1, 0.15) is 6.04 Å². The van der Waals surface area contributed by atoms with Gasteiger partial charge in [0.15, 0.2) is 11.6 Å². The number of ketones is 2. The third kappa shape index (κ3) is 3.87. The first-order valence-corrected chi connectivity index (χ1v) is 7.10. The molecule has 4 nitrogen and oxygen atoms in total. The van der Waals surface area contributed by atoms with E-state index in [4.69, 9.17) is 4.84 Å². The zero-order valence-electron chi connectivity index (χ0n) is 12.7. The highest BCUT2D eigenvalue weighted by Gasteiger charge is 2.24. The number of aryl methyl sites for hydroxylation is 1. The van der Waals surface area contributed by atoms with E-state index in [2.05, 4.69) is 5.48 Å². The van der Waals surface area contributed by atoms with Gasteiger partial charge in [-0.1, -0.05) is 54.6 Å². The van der Waals surface area contributed by atoms with Crippen LogP contribution in [0, 0.1) is 6.92 Å². The summed E-state index contributed by atoms with van der Waals surface area (Å²) in [5.74, 6) is -0.249. The van der Waals surface area contributed by atoms with Gasteiger partial charge >= 0.3 is 0 Å². The van der Waals surface area contributed by atoms with Gasteiger partial charge in [-0.05, 0) is 12.5 Å². The lowest BCUT2D eigenvalue weighted by Crippen LogP contribution is -2.38. The molecule has 2 rings (SSSR count). The lowest BCUT2D eigenvalue weighted by atomic mass is 9.95. The molecule has 114 valence electrons. The molecule has 0 amide bonds. The van der Waals surface area contributed by atoms with Crippen molar-refractivity contribution < 1.29 is 14.4 Å². The molecule has 0 aliphatic carbocycles. The fraction of sp³-hybridized carbons (Fsp3) is 0.222. The quantitative estimate of drug-likeness (QED) is 0.630. The van der Waals surface area contributed by atoms with Crippen molar-refractivity contribution in [3.05, 3.63) is 71.3 Å². The zero-order chi connectivity index (χ0) is 15.9. The first-order valence-electron chi connectivity index (χ1n) is 7.10. The van der Waals surface area contributed by atoms with Gasteiger partial charge in [0.05, 0.1) is 7.11 Å². The van der Waals surface area contributed by atoms with Crippen LogP contribution in [0.3, 0.4) is 0 Å². The number of hydrogen-bond acceptors (Lipinski definition) is 4. The second-order valence-electron chi connectivity index (χ2n) is 5.05. The molecule has 4 heteroatoms. The average Bonchev–Trinajstić information content (AvgIpc) is 2.55. The Bertz CT molecular complexity index is 652. The van der Waals surface area contributed by atoms with Gasteiger partial charge in [-0.3, -0.25) is 9.59 Å². The van der Waals surface area contributed by atoms with Crippen molar-refractivity contribution in [2.45, 2.75) is 19.4 Å². The molecule has 2 aromatic rings. The molecule has 0 saturated carbocycles. The Morgan fingerprint density at radius 1 is 1.05 bits per heavy atom. The van der Waals surface area contributed by atoms with Crippen LogP contribution in [-0.2, 0) is 4.84 Å². The molecule has 0 radical (unpaired) electrons. The molecule has 2 aromatic carbocycles. The van der Waals surface area contributed by atoms with Crippen molar-refractivity contribution in [1.29, 1.82) is 0 Å². The number of carbonyl (C=O) groups is 2. The number of nitrogens with one attached hydrogen (secondary N) is 1. The summed E-state index contributed by atoms with van der Waals surface area (Å²) in [6, 6.07) is 15.5. The highest BCUT2D eigenvalue weighted by atomic mass is 16.6. The Morgan fingerprint density at radius 2 is 1.68 bits per heavy atom. The van der Waals surface area contributed by atoms with E-state index in [0.717, 1.165) is 5.56 Å². The molecule has 1 atom stereocenters. The van der Waals surface area contributed by atoms with E-state index in [1.54, 1.807) is 30.3 Å². The van der Waals surface area contributed by atoms with Crippen LogP contribution in [0.1, 0.15) is 32.7 Å². The van der Waals surface area contributed by atoms with Crippen molar-refractivity contribution in [3.63, 3.8) is 0 Å². The summed E-state index contributed by atoms with van der Waals surface area (Å²) in [5.41, 5.74) is 4.71. The van der Waals surface area contributed by atoms with Crippen LogP contribution in [-0.4, -0.2) is 24.7 Å². The van der Waals surface area contributed by atoms with Gasteiger partial charge < -0.3 is 4.84 Å². The first-order chi connectivity index (χ1) is 10.6. The second-order valence-corrected chi connectivity index (χ2v) is 5.05. The lowest BCUT2D eigenvalue weighted by molar-refractivity contribution is 0.0473. The van der Waals surface area contributed by atoms with E-state index < -0.39 is 6.04 Å². The number of Topliss-reactive ketones (excluding diaryl/α,β-unsaturated/α-hetero) is 2. The van der Waals surface area contributed by atoms with E-state index in [-0.39, 0.29) is 18.0 Å². The van der Waals surface area contributed by atoms with Crippen LogP contribution >= 0.6 is 0 Å². The number of hydroxylamine groups is 1. The summed E-state index contributed by atoms with van der Waals surface area (Å²) >= 11 is 0. The minimum absolute atomic E-state index is 0.0480. The molecule has 0 fully saturated rings. The summed E-state index contributed by atoms with van der Waals surface area (Å²) in [5, 5.41) is 0. The Hall–Kier alpha value is -2.30. The molecule has 0 aliphatic rings. The monoisotopic (exact) mass is 297 g/mol. The lowest BCUT2D eigenvalue weighted by Gasteiger charge is -2.16. The highest BCUT2D eigenvalue weighted by Crippen LogP contribution is 2.14. The van der Waals surface area contributed by atoms with Crippen LogP contribution in [0.2, 0.25) is 0 Å². The van der Waals surface area contributed by atoms with Crippen molar-refractivity contribution in [3.8, 4) is 0 Å². The molecule has 0 spiro atoms. The average molecular weight is 297 g/mol. The number of carbonyl (C=O) groups excluding carboxylic acids is 2. The van der Waals surface area contributed by atoms with E-state index in [1.807, 2.05) is 31.2 Å². The largest absolute Gasteiger partial charge is 0.304 e. The molecule has 22 heavy (non-hydrogen) atoms. The maximum atomic E-state index is 12.5. The van der Waals surface area contributed by atoms with Crippen molar-refractivity contribution in [2.75, 3.05) is 7.11 Å². The van der Waals surface area contributed by atoms with E-state index in [9.17, 15) is 9.59 Å². The van der Waals surface area contributed by atoms with Gasteiger partial charge in [0.25, 0.3) is 0 Å². The smallest absolute Gasteiger partial charge is 0.182 e. The summed E-state index contributed by atoms with van der Waals surface area (Å²) in [6.45, 7) is 1.88.